The first-order valence-corrected chi connectivity index (χ1v) is 5.41. The van der Waals surface area contributed by atoms with Crippen LogP contribution in [0.25, 0.3) is 11.1 Å². The third-order valence-electron chi connectivity index (χ3n) is 2.67. The highest BCUT2D eigenvalue weighted by atomic mass is 16.3. The predicted octanol–water partition coefficient (Wildman–Crippen LogP) is 2.16. The van der Waals surface area contributed by atoms with Crippen LogP contribution in [0.5, 0.6) is 0 Å². The summed E-state index contributed by atoms with van der Waals surface area (Å²) < 4.78 is 1.76. The molecule has 3 nitrogen and oxygen atoms in total. The van der Waals surface area contributed by atoms with E-state index in [1.807, 2.05) is 12.4 Å². The smallest absolute Gasteiger partial charge is 0.0641 e. The zero-order chi connectivity index (χ0) is 11.5. The van der Waals surface area contributed by atoms with E-state index in [1.54, 1.807) is 4.68 Å². The van der Waals surface area contributed by atoms with Crippen LogP contribution in [0.4, 0.5) is 0 Å². The van der Waals surface area contributed by atoms with Crippen molar-refractivity contribution >= 4 is 0 Å². The van der Waals surface area contributed by atoms with Crippen LogP contribution in [-0.2, 0) is 6.54 Å². The van der Waals surface area contributed by atoms with Gasteiger partial charge in [-0.1, -0.05) is 23.8 Å². The van der Waals surface area contributed by atoms with Crippen molar-refractivity contribution in [3.8, 4) is 11.1 Å². The molecular formula is C13H16N2O. The summed E-state index contributed by atoms with van der Waals surface area (Å²) >= 11 is 0. The molecule has 2 aromatic rings. The molecule has 0 bridgehead atoms. The number of rotatable bonds is 3. The molecular weight excluding hydrogens is 200 g/mol. The maximum Gasteiger partial charge on any atom is 0.0641 e. The summed E-state index contributed by atoms with van der Waals surface area (Å²) in [4.78, 5) is 0. The second-order valence-electron chi connectivity index (χ2n) is 4.03. The van der Waals surface area contributed by atoms with Crippen molar-refractivity contribution in [3.05, 3.63) is 41.7 Å². The van der Waals surface area contributed by atoms with Gasteiger partial charge in [0.15, 0.2) is 0 Å². The van der Waals surface area contributed by atoms with Crippen LogP contribution in [-0.4, -0.2) is 21.5 Å². The van der Waals surface area contributed by atoms with Gasteiger partial charge in [-0.3, -0.25) is 4.68 Å². The van der Waals surface area contributed by atoms with Gasteiger partial charge in [-0.2, -0.15) is 5.10 Å². The van der Waals surface area contributed by atoms with Gasteiger partial charge in [0.25, 0.3) is 0 Å². The van der Waals surface area contributed by atoms with Crippen molar-refractivity contribution in [2.45, 2.75) is 20.4 Å². The molecule has 1 N–H and O–H groups in total. The molecule has 0 unspecified atom stereocenters. The Labute approximate surface area is 95.3 Å². The number of hydrogen-bond acceptors (Lipinski definition) is 2. The van der Waals surface area contributed by atoms with Gasteiger partial charge >= 0.3 is 0 Å². The molecule has 16 heavy (non-hydrogen) atoms. The van der Waals surface area contributed by atoms with Gasteiger partial charge in [0.1, 0.15) is 0 Å². The van der Waals surface area contributed by atoms with E-state index >= 15 is 0 Å². The van der Waals surface area contributed by atoms with Crippen molar-refractivity contribution < 1.29 is 5.11 Å². The van der Waals surface area contributed by atoms with Gasteiger partial charge in [-0.25, -0.2) is 0 Å². The summed E-state index contributed by atoms with van der Waals surface area (Å²) in [5, 5.41) is 13.0. The lowest BCUT2D eigenvalue weighted by Gasteiger charge is -2.04. The zero-order valence-electron chi connectivity index (χ0n) is 9.64. The molecule has 3 heteroatoms. The number of aliphatic hydroxyl groups excluding tert-OH is 1. The van der Waals surface area contributed by atoms with Gasteiger partial charge < -0.3 is 5.11 Å². The average Bonchev–Trinajstić information content (AvgIpc) is 2.71. The number of aryl methyl sites for hydroxylation is 2. The molecule has 0 aliphatic carbocycles. The van der Waals surface area contributed by atoms with Crippen molar-refractivity contribution in [1.29, 1.82) is 0 Å². The van der Waals surface area contributed by atoms with Gasteiger partial charge in [-0.05, 0) is 25.0 Å². The Morgan fingerprint density at radius 1 is 1.31 bits per heavy atom. The quantitative estimate of drug-likeness (QED) is 0.853. The van der Waals surface area contributed by atoms with Crippen LogP contribution < -0.4 is 0 Å². The lowest BCUT2D eigenvalue weighted by atomic mass is 10.0. The van der Waals surface area contributed by atoms with Crippen LogP contribution in [0.2, 0.25) is 0 Å². The van der Waals surface area contributed by atoms with Crippen LogP contribution >= 0.6 is 0 Å². The number of hydrogen-bond donors (Lipinski definition) is 1. The summed E-state index contributed by atoms with van der Waals surface area (Å²) in [7, 11) is 0. The van der Waals surface area contributed by atoms with Crippen LogP contribution in [0.3, 0.4) is 0 Å². The first-order valence-electron chi connectivity index (χ1n) is 5.41. The van der Waals surface area contributed by atoms with Gasteiger partial charge in [0.05, 0.1) is 19.3 Å². The average molecular weight is 216 g/mol. The van der Waals surface area contributed by atoms with E-state index in [-0.39, 0.29) is 6.61 Å². The summed E-state index contributed by atoms with van der Waals surface area (Å²) in [6, 6.07) is 6.39. The Morgan fingerprint density at radius 2 is 2.12 bits per heavy atom. The van der Waals surface area contributed by atoms with Gasteiger partial charge in [-0.15, -0.1) is 0 Å². The zero-order valence-corrected chi connectivity index (χ0v) is 9.64. The molecule has 0 aliphatic heterocycles. The third kappa shape index (κ3) is 2.14. The van der Waals surface area contributed by atoms with Crippen LogP contribution in [0.15, 0.2) is 30.6 Å². The monoisotopic (exact) mass is 216 g/mol. The molecule has 0 saturated carbocycles. The maximum absolute atomic E-state index is 8.84. The van der Waals surface area contributed by atoms with Crippen molar-refractivity contribution in [3.63, 3.8) is 0 Å². The second-order valence-corrected chi connectivity index (χ2v) is 4.03. The molecule has 84 valence electrons. The van der Waals surface area contributed by atoms with Crippen LogP contribution in [0, 0.1) is 13.8 Å². The molecule has 0 spiro atoms. The van der Waals surface area contributed by atoms with E-state index in [2.05, 4.69) is 37.1 Å². The summed E-state index contributed by atoms with van der Waals surface area (Å²) in [6.07, 6.45) is 3.81. The Bertz CT molecular complexity index is 488. The number of nitrogens with zero attached hydrogens (tertiary/aromatic N) is 2. The van der Waals surface area contributed by atoms with Gasteiger partial charge in [0, 0.05) is 11.8 Å². The number of benzene rings is 1. The molecule has 1 aromatic heterocycles. The molecule has 0 amide bonds. The fourth-order valence-electron chi connectivity index (χ4n) is 1.77. The minimum Gasteiger partial charge on any atom is -0.394 e. The highest BCUT2D eigenvalue weighted by Crippen LogP contribution is 2.23. The highest BCUT2D eigenvalue weighted by Gasteiger charge is 2.04. The standard InChI is InChI=1S/C13H16N2O/c1-10-3-4-11(2)13(7-10)12-8-14-15(9-12)5-6-16/h3-4,7-9,16H,5-6H2,1-2H3. The topological polar surface area (TPSA) is 38.0 Å². The minimum absolute atomic E-state index is 0.119. The molecule has 0 atom stereocenters. The molecule has 1 heterocycles. The van der Waals surface area contributed by atoms with Gasteiger partial charge in [0.2, 0.25) is 0 Å². The molecule has 0 radical (unpaired) electrons. The maximum atomic E-state index is 8.84. The van der Waals surface area contributed by atoms with E-state index < -0.39 is 0 Å². The van der Waals surface area contributed by atoms with Crippen molar-refractivity contribution in [1.82, 2.24) is 9.78 Å². The minimum atomic E-state index is 0.119. The molecule has 0 aliphatic rings. The summed E-state index contributed by atoms with van der Waals surface area (Å²) in [5.74, 6) is 0. The predicted molar refractivity (Wildman–Crippen MR) is 64.2 cm³/mol. The second kappa shape index (κ2) is 4.49. The third-order valence-corrected chi connectivity index (χ3v) is 2.67. The normalized spacial score (nSPS) is 10.7. The van der Waals surface area contributed by atoms with E-state index in [4.69, 9.17) is 5.11 Å². The van der Waals surface area contributed by atoms with Crippen LogP contribution in [0.1, 0.15) is 11.1 Å². The first kappa shape index (κ1) is 10.9. The lowest BCUT2D eigenvalue weighted by Crippen LogP contribution is -2.01. The van der Waals surface area contributed by atoms with Crippen molar-refractivity contribution in [2.24, 2.45) is 0 Å². The van der Waals surface area contributed by atoms with E-state index in [0.717, 1.165) is 5.56 Å². The Morgan fingerprint density at radius 3 is 2.88 bits per heavy atom. The Balaban J connectivity index is 2.38. The fraction of sp³-hybridized carbons (Fsp3) is 0.308. The van der Waals surface area contributed by atoms with E-state index in [0.29, 0.717) is 6.54 Å². The Kier molecular flexibility index (Phi) is 3.06. The lowest BCUT2D eigenvalue weighted by molar-refractivity contribution is 0.269. The van der Waals surface area contributed by atoms with E-state index in [9.17, 15) is 0 Å². The first-order chi connectivity index (χ1) is 7.70. The number of aliphatic hydroxyl groups is 1. The molecule has 2 rings (SSSR count). The highest BCUT2D eigenvalue weighted by molar-refractivity contribution is 5.66. The largest absolute Gasteiger partial charge is 0.394 e. The van der Waals surface area contributed by atoms with E-state index in [1.165, 1.54) is 16.7 Å². The summed E-state index contributed by atoms with van der Waals surface area (Å²) in [6.45, 7) is 4.85. The fourth-order valence-corrected chi connectivity index (χ4v) is 1.77. The summed E-state index contributed by atoms with van der Waals surface area (Å²) in [5.41, 5.74) is 4.81. The Hall–Kier alpha value is -1.61. The molecule has 0 fully saturated rings. The molecule has 0 saturated heterocycles. The molecule has 1 aromatic carbocycles. The SMILES string of the molecule is Cc1ccc(C)c(-c2cnn(CCO)c2)c1. The number of aromatic nitrogens is 2. The van der Waals surface area contributed by atoms with Crippen molar-refractivity contribution in [2.75, 3.05) is 6.61 Å².